The number of carbonyl (C=O) groups is 1. The minimum absolute atomic E-state index is 0.0471. The fraction of sp³-hybridized carbons (Fsp3) is 0.600. The van der Waals surface area contributed by atoms with Gasteiger partial charge in [-0.2, -0.15) is 5.26 Å². The molecule has 0 aliphatic carbocycles. The molecule has 1 atom stereocenters. The third-order valence-corrected chi connectivity index (χ3v) is 5.08. The predicted molar refractivity (Wildman–Crippen MR) is 103 cm³/mol. The minimum Gasteiger partial charge on any atom is -0.374 e. The van der Waals surface area contributed by atoms with Crippen molar-refractivity contribution in [3.05, 3.63) is 24.3 Å². The molecule has 1 fully saturated rings. The molecule has 1 aliphatic heterocycles. The molecule has 2 N–H and O–H groups in total. The molecule has 1 aliphatic rings. The second kappa shape index (κ2) is 8.75. The van der Waals surface area contributed by atoms with Gasteiger partial charge in [-0.3, -0.25) is 4.79 Å². The van der Waals surface area contributed by atoms with Gasteiger partial charge in [0.15, 0.2) is 0 Å². The van der Waals surface area contributed by atoms with Crippen molar-refractivity contribution in [2.75, 3.05) is 29.9 Å². The Kier molecular flexibility index (Phi) is 6.69. The second-order valence-corrected chi connectivity index (χ2v) is 7.29. The maximum atomic E-state index is 12.3. The Hall–Kier alpha value is -2.22. The van der Waals surface area contributed by atoms with Gasteiger partial charge >= 0.3 is 0 Å². The van der Waals surface area contributed by atoms with E-state index in [4.69, 9.17) is 0 Å². The lowest BCUT2D eigenvalue weighted by molar-refractivity contribution is -0.121. The zero-order chi connectivity index (χ0) is 18.3. The van der Waals surface area contributed by atoms with Crippen molar-refractivity contribution >= 4 is 17.3 Å². The number of rotatable bonds is 6. The van der Waals surface area contributed by atoms with Crippen molar-refractivity contribution in [3.8, 4) is 6.07 Å². The third kappa shape index (κ3) is 5.12. The largest absolute Gasteiger partial charge is 0.374 e. The standard InChI is InChI=1S/C20H30N4O/c1-16(2)20(3,15-21)23-19(25)14-22-17-10-6-7-11-18(17)24-12-8-4-5-9-13-24/h6-7,10-11,16,22H,4-5,8-9,12-14H2,1-3H3,(H,23,25). The molecule has 0 aromatic heterocycles. The summed E-state index contributed by atoms with van der Waals surface area (Å²) in [7, 11) is 0. The molecule has 5 nitrogen and oxygen atoms in total. The molecule has 0 saturated carbocycles. The third-order valence-electron chi connectivity index (χ3n) is 5.08. The van der Waals surface area contributed by atoms with E-state index in [0.717, 1.165) is 24.5 Å². The topological polar surface area (TPSA) is 68.2 Å². The van der Waals surface area contributed by atoms with E-state index in [1.54, 1.807) is 6.92 Å². The SMILES string of the molecule is CC(C)C(C)(C#N)NC(=O)CNc1ccccc1N1CCCCCC1. The first-order valence-corrected chi connectivity index (χ1v) is 9.26. The summed E-state index contributed by atoms with van der Waals surface area (Å²) in [5.41, 5.74) is 1.29. The molecule has 1 heterocycles. The van der Waals surface area contributed by atoms with Crippen molar-refractivity contribution < 1.29 is 4.79 Å². The molecule has 1 aromatic rings. The van der Waals surface area contributed by atoms with Crippen molar-refractivity contribution in [1.29, 1.82) is 5.26 Å². The van der Waals surface area contributed by atoms with Crippen molar-refractivity contribution in [3.63, 3.8) is 0 Å². The number of hydrogen-bond acceptors (Lipinski definition) is 4. The monoisotopic (exact) mass is 342 g/mol. The average molecular weight is 342 g/mol. The van der Waals surface area contributed by atoms with Crippen LogP contribution < -0.4 is 15.5 Å². The van der Waals surface area contributed by atoms with Crippen LogP contribution in [0.3, 0.4) is 0 Å². The molecule has 0 spiro atoms. The maximum Gasteiger partial charge on any atom is 0.240 e. The number of amides is 1. The number of anilines is 2. The lowest BCUT2D eigenvalue weighted by Crippen LogP contribution is -2.50. The van der Waals surface area contributed by atoms with Gasteiger partial charge in [0.1, 0.15) is 5.54 Å². The summed E-state index contributed by atoms with van der Waals surface area (Å²) in [5.74, 6) is -0.116. The van der Waals surface area contributed by atoms with Crippen molar-refractivity contribution in [1.82, 2.24) is 5.32 Å². The fourth-order valence-corrected chi connectivity index (χ4v) is 3.02. The Balaban J connectivity index is 2.01. The molecule has 1 amide bonds. The van der Waals surface area contributed by atoms with E-state index in [-0.39, 0.29) is 18.4 Å². The quantitative estimate of drug-likeness (QED) is 0.830. The van der Waals surface area contributed by atoms with Crippen molar-refractivity contribution in [2.24, 2.45) is 5.92 Å². The van der Waals surface area contributed by atoms with E-state index in [1.165, 1.54) is 25.7 Å². The van der Waals surface area contributed by atoms with E-state index in [1.807, 2.05) is 32.0 Å². The second-order valence-electron chi connectivity index (χ2n) is 7.29. The highest BCUT2D eigenvalue weighted by atomic mass is 16.2. The number of para-hydroxylation sites is 2. The van der Waals surface area contributed by atoms with Gasteiger partial charge in [0, 0.05) is 13.1 Å². The smallest absolute Gasteiger partial charge is 0.240 e. The van der Waals surface area contributed by atoms with Crippen LogP contribution in [-0.2, 0) is 4.79 Å². The van der Waals surface area contributed by atoms with E-state index in [9.17, 15) is 10.1 Å². The molecule has 136 valence electrons. The predicted octanol–water partition coefficient (Wildman–Crippen LogP) is 3.53. The first-order valence-electron chi connectivity index (χ1n) is 9.26. The van der Waals surface area contributed by atoms with Gasteiger partial charge in [-0.1, -0.05) is 38.8 Å². The summed E-state index contributed by atoms with van der Waals surface area (Å²) in [5, 5.41) is 15.4. The van der Waals surface area contributed by atoms with E-state index >= 15 is 0 Å². The molecule has 1 aromatic carbocycles. The summed E-state index contributed by atoms with van der Waals surface area (Å²) in [6, 6.07) is 10.4. The van der Waals surface area contributed by atoms with E-state index < -0.39 is 5.54 Å². The Morgan fingerprint density at radius 2 is 1.88 bits per heavy atom. The first-order chi connectivity index (χ1) is 12.0. The number of hydrogen-bond donors (Lipinski definition) is 2. The first kappa shape index (κ1) is 19.1. The normalized spacial score (nSPS) is 17.3. The van der Waals surface area contributed by atoms with Crippen LogP contribution in [0.1, 0.15) is 46.5 Å². The van der Waals surface area contributed by atoms with E-state index in [0.29, 0.717) is 0 Å². The summed E-state index contributed by atoms with van der Waals surface area (Å²) < 4.78 is 0. The Morgan fingerprint density at radius 3 is 2.48 bits per heavy atom. The van der Waals surface area contributed by atoms with Crippen LogP contribution in [0.25, 0.3) is 0 Å². The van der Waals surface area contributed by atoms with Gasteiger partial charge in [-0.15, -0.1) is 0 Å². The highest BCUT2D eigenvalue weighted by molar-refractivity contribution is 5.83. The van der Waals surface area contributed by atoms with Crippen LogP contribution in [0, 0.1) is 17.2 Å². The average Bonchev–Trinajstić information content (AvgIpc) is 2.89. The molecule has 0 bridgehead atoms. The molecule has 25 heavy (non-hydrogen) atoms. The van der Waals surface area contributed by atoms with Crippen LogP contribution in [0.4, 0.5) is 11.4 Å². The van der Waals surface area contributed by atoms with Crippen LogP contribution in [0.2, 0.25) is 0 Å². The highest BCUT2D eigenvalue weighted by Gasteiger charge is 2.29. The van der Waals surface area contributed by atoms with Gasteiger partial charge in [0.05, 0.1) is 24.0 Å². The highest BCUT2D eigenvalue weighted by Crippen LogP contribution is 2.27. The van der Waals surface area contributed by atoms with Gasteiger partial charge in [-0.25, -0.2) is 0 Å². The number of nitrogens with one attached hydrogen (secondary N) is 2. The molecule has 0 radical (unpaired) electrons. The zero-order valence-electron chi connectivity index (χ0n) is 15.6. The summed E-state index contributed by atoms with van der Waals surface area (Å²) in [4.78, 5) is 14.7. The number of carbonyl (C=O) groups excluding carboxylic acids is 1. The minimum atomic E-state index is -0.844. The summed E-state index contributed by atoms with van der Waals surface area (Å²) >= 11 is 0. The molecule has 1 unspecified atom stereocenters. The van der Waals surface area contributed by atoms with E-state index in [2.05, 4.69) is 27.7 Å². The van der Waals surface area contributed by atoms with Crippen LogP contribution >= 0.6 is 0 Å². The van der Waals surface area contributed by atoms with Crippen molar-refractivity contribution in [2.45, 2.75) is 52.0 Å². The fourth-order valence-electron chi connectivity index (χ4n) is 3.02. The number of benzene rings is 1. The summed E-state index contributed by atoms with van der Waals surface area (Å²) in [6.07, 6.45) is 5.00. The van der Waals surface area contributed by atoms with Gasteiger partial charge in [0.25, 0.3) is 0 Å². The number of nitrogens with zero attached hydrogens (tertiary/aromatic N) is 2. The van der Waals surface area contributed by atoms with Gasteiger partial charge < -0.3 is 15.5 Å². The van der Waals surface area contributed by atoms with Gasteiger partial charge in [0.2, 0.25) is 5.91 Å². The zero-order valence-corrected chi connectivity index (χ0v) is 15.6. The Morgan fingerprint density at radius 1 is 1.24 bits per heavy atom. The van der Waals surface area contributed by atoms with Crippen LogP contribution in [0.15, 0.2) is 24.3 Å². The molecular formula is C20H30N4O. The molecule has 1 saturated heterocycles. The van der Waals surface area contributed by atoms with Crippen LogP contribution in [0.5, 0.6) is 0 Å². The molecular weight excluding hydrogens is 312 g/mol. The Labute approximate surface area is 151 Å². The lowest BCUT2D eigenvalue weighted by atomic mass is 9.90. The van der Waals surface area contributed by atoms with Gasteiger partial charge in [-0.05, 0) is 37.8 Å². The molecule has 2 rings (SSSR count). The lowest BCUT2D eigenvalue weighted by Gasteiger charge is -2.28. The Bertz CT molecular complexity index is 614. The molecule has 5 heteroatoms. The van der Waals surface area contributed by atoms with Crippen LogP contribution in [-0.4, -0.2) is 31.1 Å². The maximum absolute atomic E-state index is 12.3. The number of nitriles is 1. The summed E-state index contributed by atoms with van der Waals surface area (Å²) in [6.45, 7) is 7.92.